The zero-order chi connectivity index (χ0) is 24.7. The zero-order valence-corrected chi connectivity index (χ0v) is 20.0. The van der Waals surface area contributed by atoms with Crippen molar-refractivity contribution in [2.45, 2.75) is 13.3 Å². The van der Waals surface area contributed by atoms with Gasteiger partial charge in [-0.05, 0) is 29.3 Å². The van der Waals surface area contributed by atoms with E-state index in [2.05, 4.69) is 57.5 Å². The average Bonchev–Trinajstić information content (AvgIpc) is 2.90. The van der Waals surface area contributed by atoms with Gasteiger partial charge >= 0.3 is 0 Å². The Morgan fingerprint density at radius 2 is 1.50 bits per heavy atom. The van der Waals surface area contributed by atoms with E-state index in [-0.39, 0.29) is 5.91 Å². The molecule has 3 heterocycles. The molecule has 0 bridgehead atoms. The fourth-order valence-electron chi connectivity index (χ4n) is 4.05. The third kappa shape index (κ3) is 5.90. The van der Waals surface area contributed by atoms with E-state index >= 15 is 0 Å². The number of hydrogen-bond acceptors (Lipinski definition) is 9. The van der Waals surface area contributed by atoms with E-state index < -0.39 is 0 Å². The van der Waals surface area contributed by atoms with Crippen molar-refractivity contribution in [1.29, 1.82) is 0 Å². The van der Waals surface area contributed by atoms with E-state index in [4.69, 9.17) is 0 Å². The Balaban J connectivity index is 1.18. The standard InChI is InChI=1S/C26H27N9O/c1-19(36)31-22-8-5-9-23(15-22)32-24-29-18-30-26(33-24)35-12-10-34(11-13-35)25-27-16-21(17-28-25)14-20-6-3-2-4-7-20/h2-9,15-18H,10-14H2,1H3,(H,31,36)(H,29,30,32,33). The minimum Gasteiger partial charge on any atom is -0.337 e. The van der Waals surface area contributed by atoms with Gasteiger partial charge in [0, 0.05) is 63.3 Å². The number of nitrogens with one attached hydrogen (secondary N) is 2. The first-order chi connectivity index (χ1) is 17.6. The number of piperazine rings is 1. The second-order valence-electron chi connectivity index (χ2n) is 8.52. The normalized spacial score (nSPS) is 13.4. The summed E-state index contributed by atoms with van der Waals surface area (Å²) in [4.78, 5) is 38.0. The van der Waals surface area contributed by atoms with Crippen molar-refractivity contribution >= 4 is 35.1 Å². The summed E-state index contributed by atoms with van der Waals surface area (Å²) in [6.45, 7) is 4.51. The van der Waals surface area contributed by atoms with Gasteiger partial charge in [0.1, 0.15) is 6.33 Å². The summed E-state index contributed by atoms with van der Waals surface area (Å²) in [5.74, 6) is 1.68. The van der Waals surface area contributed by atoms with Gasteiger partial charge in [-0.2, -0.15) is 4.98 Å². The number of carbonyl (C=O) groups excluding carboxylic acids is 1. The summed E-state index contributed by atoms with van der Waals surface area (Å²) >= 11 is 0. The maximum absolute atomic E-state index is 11.3. The molecule has 1 fully saturated rings. The summed E-state index contributed by atoms with van der Waals surface area (Å²) in [5.41, 5.74) is 3.81. The molecule has 0 spiro atoms. The lowest BCUT2D eigenvalue weighted by Gasteiger charge is -2.34. The molecule has 2 aromatic heterocycles. The molecule has 0 radical (unpaired) electrons. The SMILES string of the molecule is CC(=O)Nc1cccc(Nc2ncnc(N3CCN(c4ncc(Cc5ccccc5)cn4)CC3)n2)c1. The molecule has 5 rings (SSSR count). The van der Waals surface area contributed by atoms with Crippen LogP contribution in [0, 0.1) is 0 Å². The van der Waals surface area contributed by atoms with Gasteiger partial charge in [-0.1, -0.05) is 36.4 Å². The Labute approximate surface area is 209 Å². The summed E-state index contributed by atoms with van der Waals surface area (Å²) in [5, 5.41) is 5.95. The van der Waals surface area contributed by atoms with Crippen LogP contribution in [0.4, 0.5) is 29.2 Å². The Morgan fingerprint density at radius 3 is 2.22 bits per heavy atom. The number of rotatable bonds is 7. The van der Waals surface area contributed by atoms with Crippen LogP contribution in [0.15, 0.2) is 73.3 Å². The Bertz CT molecular complexity index is 1310. The molecule has 1 aliphatic rings. The molecule has 2 aromatic carbocycles. The summed E-state index contributed by atoms with van der Waals surface area (Å²) in [6.07, 6.45) is 6.14. The second kappa shape index (κ2) is 10.8. The van der Waals surface area contributed by atoms with E-state index in [1.54, 1.807) is 0 Å². The van der Waals surface area contributed by atoms with E-state index in [9.17, 15) is 4.79 Å². The Hall–Kier alpha value is -4.60. The van der Waals surface area contributed by atoms with E-state index in [1.807, 2.05) is 54.9 Å². The van der Waals surface area contributed by atoms with Gasteiger partial charge in [0.25, 0.3) is 0 Å². The van der Waals surface area contributed by atoms with E-state index in [0.717, 1.165) is 49.8 Å². The van der Waals surface area contributed by atoms with Gasteiger partial charge in [0.15, 0.2) is 0 Å². The largest absolute Gasteiger partial charge is 0.337 e. The minimum atomic E-state index is -0.123. The van der Waals surface area contributed by atoms with Crippen molar-refractivity contribution in [3.05, 3.63) is 84.4 Å². The molecule has 182 valence electrons. The molecule has 1 amide bonds. The predicted octanol–water partition coefficient (Wildman–Crippen LogP) is 3.28. The van der Waals surface area contributed by atoms with Crippen LogP contribution in [-0.2, 0) is 11.2 Å². The van der Waals surface area contributed by atoms with Crippen molar-refractivity contribution in [3.63, 3.8) is 0 Å². The van der Waals surface area contributed by atoms with Crippen molar-refractivity contribution in [1.82, 2.24) is 24.9 Å². The molecule has 0 unspecified atom stereocenters. The molecular formula is C26H27N9O. The lowest BCUT2D eigenvalue weighted by atomic mass is 10.1. The van der Waals surface area contributed by atoms with Crippen LogP contribution in [0.1, 0.15) is 18.1 Å². The summed E-state index contributed by atoms with van der Waals surface area (Å²) < 4.78 is 0. The molecule has 10 heteroatoms. The molecule has 1 aliphatic heterocycles. The van der Waals surface area contributed by atoms with Gasteiger partial charge in [-0.15, -0.1) is 0 Å². The summed E-state index contributed by atoms with van der Waals surface area (Å²) in [7, 11) is 0. The van der Waals surface area contributed by atoms with Crippen molar-refractivity contribution in [3.8, 4) is 0 Å². The fraction of sp³-hybridized carbons (Fsp3) is 0.231. The smallest absolute Gasteiger partial charge is 0.231 e. The third-order valence-corrected chi connectivity index (χ3v) is 5.79. The third-order valence-electron chi connectivity index (χ3n) is 5.79. The fourth-order valence-corrected chi connectivity index (χ4v) is 4.05. The van der Waals surface area contributed by atoms with Gasteiger partial charge < -0.3 is 20.4 Å². The highest BCUT2D eigenvalue weighted by atomic mass is 16.1. The predicted molar refractivity (Wildman–Crippen MR) is 140 cm³/mol. The maximum atomic E-state index is 11.3. The van der Waals surface area contributed by atoms with Crippen molar-refractivity contribution < 1.29 is 4.79 Å². The van der Waals surface area contributed by atoms with Crippen LogP contribution in [0.5, 0.6) is 0 Å². The van der Waals surface area contributed by atoms with Crippen LogP contribution < -0.4 is 20.4 Å². The number of benzene rings is 2. The van der Waals surface area contributed by atoms with Gasteiger partial charge in [-0.3, -0.25) is 4.79 Å². The number of anilines is 5. The molecule has 0 aliphatic carbocycles. The van der Waals surface area contributed by atoms with Crippen LogP contribution in [0.3, 0.4) is 0 Å². The van der Waals surface area contributed by atoms with Crippen LogP contribution in [0.2, 0.25) is 0 Å². The van der Waals surface area contributed by atoms with Crippen LogP contribution in [-0.4, -0.2) is 57.0 Å². The average molecular weight is 482 g/mol. The first-order valence-electron chi connectivity index (χ1n) is 11.8. The lowest BCUT2D eigenvalue weighted by molar-refractivity contribution is -0.114. The Morgan fingerprint density at radius 1 is 0.806 bits per heavy atom. The molecule has 10 nitrogen and oxygen atoms in total. The Kier molecular flexibility index (Phi) is 6.93. The van der Waals surface area contributed by atoms with Gasteiger partial charge in [-0.25, -0.2) is 19.9 Å². The number of nitrogens with zero attached hydrogens (tertiary/aromatic N) is 7. The van der Waals surface area contributed by atoms with Crippen molar-refractivity contribution in [2.24, 2.45) is 0 Å². The highest BCUT2D eigenvalue weighted by Crippen LogP contribution is 2.20. The van der Waals surface area contributed by atoms with Gasteiger partial charge in [0.2, 0.25) is 23.8 Å². The number of hydrogen-bond donors (Lipinski definition) is 2. The van der Waals surface area contributed by atoms with Crippen LogP contribution in [0.25, 0.3) is 0 Å². The second-order valence-corrected chi connectivity index (χ2v) is 8.52. The summed E-state index contributed by atoms with van der Waals surface area (Å²) in [6, 6.07) is 17.7. The molecule has 2 N–H and O–H groups in total. The van der Waals surface area contributed by atoms with Crippen LogP contribution >= 0.6 is 0 Å². The highest BCUT2D eigenvalue weighted by molar-refractivity contribution is 5.89. The minimum absolute atomic E-state index is 0.123. The molecule has 0 atom stereocenters. The van der Waals surface area contributed by atoms with E-state index in [0.29, 0.717) is 17.6 Å². The molecule has 36 heavy (non-hydrogen) atoms. The molecule has 0 saturated carbocycles. The molecule has 4 aromatic rings. The highest BCUT2D eigenvalue weighted by Gasteiger charge is 2.21. The molecular weight excluding hydrogens is 454 g/mol. The van der Waals surface area contributed by atoms with E-state index in [1.165, 1.54) is 18.8 Å². The van der Waals surface area contributed by atoms with Gasteiger partial charge in [0.05, 0.1) is 0 Å². The first kappa shape index (κ1) is 23.2. The molecule has 1 saturated heterocycles. The first-order valence-corrected chi connectivity index (χ1v) is 11.8. The maximum Gasteiger partial charge on any atom is 0.231 e. The lowest BCUT2D eigenvalue weighted by Crippen LogP contribution is -2.47. The number of aromatic nitrogens is 5. The number of carbonyl (C=O) groups is 1. The zero-order valence-electron chi connectivity index (χ0n) is 20.0. The topological polar surface area (TPSA) is 112 Å². The van der Waals surface area contributed by atoms with Crippen molar-refractivity contribution in [2.75, 3.05) is 46.6 Å². The quantitative estimate of drug-likeness (QED) is 0.411. The number of amides is 1. The monoisotopic (exact) mass is 481 g/mol.